The van der Waals surface area contributed by atoms with Crippen LogP contribution >= 0.6 is 11.8 Å². The van der Waals surface area contributed by atoms with Gasteiger partial charge >= 0.3 is 0 Å². The Bertz CT molecular complexity index is 265. The van der Waals surface area contributed by atoms with Crippen LogP contribution in [-0.4, -0.2) is 47.6 Å². The van der Waals surface area contributed by atoms with Crippen molar-refractivity contribution >= 4 is 11.8 Å². The molecule has 0 amide bonds. The van der Waals surface area contributed by atoms with Gasteiger partial charge in [-0.1, -0.05) is 13.8 Å². The van der Waals surface area contributed by atoms with E-state index in [9.17, 15) is 0 Å². The molecule has 1 saturated heterocycles. The number of rotatable bonds is 6. The first kappa shape index (κ1) is 14.7. The number of thioether (sulfide) groups is 1. The maximum atomic E-state index is 3.73. The Morgan fingerprint density at radius 3 is 2.61 bits per heavy atom. The minimum Gasteiger partial charge on any atom is -0.314 e. The number of nitrogens with zero attached hydrogens (tertiary/aromatic N) is 1. The highest BCUT2D eigenvalue weighted by atomic mass is 32.2. The monoisotopic (exact) mass is 270 g/mol. The molecule has 0 aromatic rings. The van der Waals surface area contributed by atoms with Crippen molar-refractivity contribution in [2.45, 2.75) is 63.3 Å². The summed E-state index contributed by atoms with van der Waals surface area (Å²) >= 11 is 2.09. The predicted octanol–water partition coefficient (Wildman–Crippen LogP) is 2.98. The molecule has 0 radical (unpaired) electrons. The Balaban J connectivity index is 1.85. The van der Waals surface area contributed by atoms with Gasteiger partial charge in [0.05, 0.1) is 0 Å². The van der Waals surface area contributed by atoms with E-state index < -0.39 is 0 Å². The highest BCUT2D eigenvalue weighted by Crippen LogP contribution is 2.48. The lowest BCUT2D eigenvalue weighted by atomic mass is 9.86. The van der Waals surface area contributed by atoms with E-state index in [0.29, 0.717) is 4.75 Å². The van der Waals surface area contributed by atoms with Crippen LogP contribution in [0.15, 0.2) is 0 Å². The van der Waals surface area contributed by atoms with Crippen molar-refractivity contribution in [3.05, 3.63) is 0 Å². The molecule has 1 saturated carbocycles. The maximum absolute atomic E-state index is 3.73. The minimum atomic E-state index is 0.623. The second-order valence-electron chi connectivity index (χ2n) is 6.31. The Labute approximate surface area is 117 Å². The largest absolute Gasteiger partial charge is 0.314 e. The zero-order valence-electron chi connectivity index (χ0n) is 12.5. The van der Waals surface area contributed by atoms with Crippen molar-refractivity contribution in [1.82, 2.24) is 10.2 Å². The summed E-state index contributed by atoms with van der Waals surface area (Å²) in [6, 6.07) is 1.47. The van der Waals surface area contributed by atoms with E-state index in [1.54, 1.807) is 0 Å². The lowest BCUT2D eigenvalue weighted by Gasteiger charge is -2.44. The molecule has 2 aliphatic rings. The van der Waals surface area contributed by atoms with E-state index in [2.05, 4.69) is 49.0 Å². The summed E-state index contributed by atoms with van der Waals surface area (Å²) in [5.41, 5.74) is 0. The molecule has 1 aliphatic carbocycles. The fraction of sp³-hybridized carbons (Fsp3) is 1.00. The zero-order chi connectivity index (χ0) is 13.2. The first-order valence-corrected chi connectivity index (χ1v) is 8.87. The number of piperidine rings is 1. The van der Waals surface area contributed by atoms with Crippen LogP contribution in [0, 0.1) is 5.92 Å². The van der Waals surface area contributed by atoms with Crippen molar-refractivity contribution in [2.75, 3.05) is 25.9 Å². The SMILES string of the molecule is CCCNC1CCN(CC2(SC)CC2)C(C)C1C. The van der Waals surface area contributed by atoms with E-state index in [0.717, 1.165) is 18.0 Å². The first-order valence-electron chi connectivity index (χ1n) is 7.64. The summed E-state index contributed by atoms with van der Waals surface area (Å²) in [6.07, 6.45) is 7.73. The molecule has 0 bridgehead atoms. The molecule has 2 rings (SSSR count). The molecular weight excluding hydrogens is 240 g/mol. The highest BCUT2D eigenvalue weighted by molar-refractivity contribution is 8.00. The van der Waals surface area contributed by atoms with E-state index in [4.69, 9.17) is 0 Å². The topological polar surface area (TPSA) is 15.3 Å². The van der Waals surface area contributed by atoms with Crippen LogP contribution in [0.1, 0.15) is 46.5 Å². The van der Waals surface area contributed by atoms with E-state index >= 15 is 0 Å². The first-order chi connectivity index (χ1) is 8.62. The quantitative estimate of drug-likeness (QED) is 0.799. The number of hydrogen-bond donors (Lipinski definition) is 1. The van der Waals surface area contributed by atoms with Crippen LogP contribution in [0.2, 0.25) is 0 Å². The molecule has 1 aliphatic heterocycles. The van der Waals surface area contributed by atoms with E-state index in [1.165, 1.54) is 45.3 Å². The molecule has 2 fully saturated rings. The van der Waals surface area contributed by atoms with Crippen LogP contribution in [0.5, 0.6) is 0 Å². The fourth-order valence-electron chi connectivity index (χ4n) is 3.22. The van der Waals surface area contributed by atoms with Gasteiger partial charge in [0.25, 0.3) is 0 Å². The average molecular weight is 270 g/mol. The summed E-state index contributed by atoms with van der Waals surface area (Å²) < 4.78 is 0.623. The van der Waals surface area contributed by atoms with Gasteiger partial charge < -0.3 is 5.32 Å². The summed E-state index contributed by atoms with van der Waals surface area (Å²) in [5, 5.41) is 3.73. The fourth-order valence-corrected chi connectivity index (χ4v) is 4.02. The number of likely N-dealkylation sites (tertiary alicyclic amines) is 1. The molecular formula is C15H30N2S. The van der Waals surface area contributed by atoms with Gasteiger partial charge in [-0.15, -0.1) is 0 Å². The second kappa shape index (κ2) is 6.15. The van der Waals surface area contributed by atoms with Gasteiger partial charge in [0.15, 0.2) is 0 Å². The van der Waals surface area contributed by atoms with E-state index in [1.807, 2.05) is 0 Å². The average Bonchev–Trinajstić information content (AvgIpc) is 3.15. The second-order valence-corrected chi connectivity index (χ2v) is 7.58. The molecule has 1 heterocycles. The molecule has 2 nitrogen and oxygen atoms in total. The normalized spacial score (nSPS) is 35.7. The molecule has 0 spiro atoms. The molecule has 106 valence electrons. The van der Waals surface area contributed by atoms with Crippen LogP contribution in [-0.2, 0) is 0 Å². The molecule has 3 unspecified atom stereocenters. The third-order valence-electron chi connectivity index (χ3n) is 5.09. The van der Waals surface area contributed by atoms with Crippen molar-refractivity contribution in [1.29, 1.82) is 0 Å². The lowest BCUT2D eigenvalue weighted by molar-refractivity contribution is 0.0838. The molecule has 0 aromatic carbocycles. The molecule has 0 aromatic heterocycles. The Morgan fingerprint density at radius 2 is 2.06 bits per heavy atom. The zero-order valence-corrected chi connectivity index (χ0v) is 13.4. The smallest absolute Gasteiger partial charge is 0.0285 e. The highest BCUT2D eigenvalue weighted by Gasteiger charge is 2.45. The van der Waals surface area contributed by atoms with Gasteiger partial charge in [0, 0.05) is 23.4 Å². The lowest BCUT2D eigenvalue weighted by Crippen LogP contribution is -2.55. The van der Waals surface area contributed by atoms with Crippen LogP contribution < -0.4 is 5.32 Å². The van der Waals surface area contributed by atoms with Gasteiger partial charge in [-0.3, -0.25) is 4.90 Å². The van der Waals surface area contributed by atoms with Gasteiger partial charge in [0.2, 0.25) is 0 Å². The molecule has 3 atom stereocenters. The Hall–Kier alpha value is 0.270. The third-order valence-corrected chi connectivity index (χ3v) is 6.49. The van der Waals surface area contributed by atoms with Crippen molar-refractivity contribution < 1.29 is 0 Å². The molecule has 1 N–H and O–H groups in total. The van der Waals surface area contributed by atoms with Crippen LogP contribution in [0.25, 0.3) is 0 Å². The van der Waals surface area contributed by atoms with Gasteiger partial charge in [0.1, 0.15) is 0 Å². The molecule has 3 heteroatoms. The van der Waals surface area contributed by atoms with Gasteiger partial charge in [-0.25, -0.2) is 0 Å². The summed E-state index contributed by atoms with van der Waals surface area (Å²) in [5.74, 6) is 0.781. The van der Waals surface area contributed by atoms with Crippen molar-refractivity contribution in [2.24, 2.45) is 5.92 Å². The van der Waals surface area contributed by atoms with Crippen LogP contribution in [0.3, 0.4) is 0 Å². The Morgan fingerprint density at radius 1 is 1.33 bits per heavy atom. The Kier molecular flexibility index (Phi) is 5.01. The summed E-state index contributed by atoms with van der Waals surface area (Å²) in [6.45, 7) is 10.9. The summed E-state index contributed by atoms with van der Waals surface area (Å²) in [7, 11) is 0. The molecule has 18 heavy (non-hydrogen) atoms. The predicted molar refractivity (Wildman–Crippen MR) is 82.4 cm³/mol. The maximum Gasteiger partial charge on any atom is 0.0285 e. The third kappa shape index (κ3) is 3.23. The number of hydrogen-bond acceptors (Lipinski definition) is 3. The summed E-state index contributed by atoms with van der Waals surface area (Å²) in [4.78, 5) is 2.75. The van der Waals surface area contributed by atoms with Crippen LogP contribution in [0.4, 0.5) is 0 Å². The standard InChI is InChI=1S/C15H30N2S/c1-5-9-16-14-6-10-17(13(3)12(14)2)11-15(18-4)7-8-15/h12-14,16H,5-11H2,1-4H3. The minimum absolute atomic E-state index is 0.623. The van der Waals surface area contributed by atoms with Crippen molar-refractivity contribution in [3.63, 3.8) is 0 Å². The van der Waals surface area contributed by atoms with E-state index in [-0.39, 0.29) is 0 Å². The number of nitrogens with one attached hydrogen (secondary N) is 1. The van der Waals surface area contributed by atoms with Gasteiger partial charge in [-0.2, -0.15) is 11.8 Å². The van der Waals surface area contributed by atoms with Crippen molar-refractivity contribution in [3.8, 4) is 0 Å². The van der Waals surface area contributed by atoms with Gasteiger partial charge in [-0.05, 0) is 57.9 Å².